The average Bonchev–Trinajstić information content (AvgIpc) is 2.62. The van der Waals surface area contributed by atoms with Crippen molar-refractivity contribution in [3.63, 3.8) is 0 Å². The molecule has 0 fully saturated rings. The largest absolute Gasteiger partial charge is 0.464 e. The Morgan fingerprint density at radius 1 is 1.35 bits per heavy atom. The second-order valence-corrected chi connectivity index (χ2v) is 6.67. The van der Waals surface area contributed by atoms with Crippen molar-refractivity contribution in [1.82, 2.24) is 4.98 Å². The third-order valence-corrected chi connectivity index (χ3v) is 4.46. The minimum absolute atomic E-state index is 0.409. The molecule has 0 bridgehead atoms. The van der Waals surface area contributed by atoms with E-state index >= 15 is 0 Å². The van der Waals surface area contributed by atoms with Gasteiger partial charge in [0.1, 0.15) is 0 Å². The number of pyridine rings is 1. The number of ether oxygens (including phenoxy) is 1. The number of halogens is 1. The minimum atomic E-state index is -1.69. The van der Waals surface area contributed by atoms with Crippen molar-refractivity contribution in [2.45, 2.75) is 32.3 Å². The highest BCUT2D eigenvalue weighted by atomic mass is 35.5. The van der Waals surface area contributed by atoms with Gasteiger partial charge in [-0.1, -0.05) is 31.0 Å². The second kappa shape index (κ2) is 7.33. The van der Waals surface area contributed by atoms with Crippen LogP contribution in [0.5, 0.6) is 5.75 Å². The lowest BCUT2D eigenvalue weighted by molar-refractivity contribution is -0.145. The molecule has 136 valence electrons. The van der Waals surface area contributed by atoms with E-state index in [9.17, 15) is 9.59 Å². The number of nitrogens with one attached hydrogen (secondary N) is 1. The molecule has 0 radical (unpaired) electrons. The molecule has 1 aliphatic rings. The molecule has 2 aromatic rings. The zero-order valence-electron chi connectivity index (χ0n) is 14.7. The van der Waals surface area contributed by atoms with E-state index in [1.807, 2.05) is 6.92 Å². The Balaban J connectivity index is 1.92. The molecular formula is C19H20ClN3O3. The maximum absolute atomic E-state index is 13.1. The summed E-state index contributed by atoms with van der Waals surface area (Å²) in [6, 6.07) is 10.2. The van der Waals surface area contributed by atoms with E-state index in [2.05, 4.69) is 10.3 Å². The van der Waals surface area contributed by atoms with Gasteiger partial charge < -0.3 is 10.1 Å². The van der Waals surface area contributed by atoms with E-state index < -0.39 is 17.4 Å². The number of aromatic nitrogens is 1. The van der Waals surface area contributed by atoms with E-state index in [0.29, 0.717) is 28.8 Å². The van der Waals surface area contributed by atoms with Crippen molar-refractivity contribution < 1.29 is 14.3 Å². The van der Waals surface area contributed by atoms with Crippen molar-refractivity contribution in [2.75, 3.05) is 16.8 Å². The number of anilines is 2. The number of hydrogen-bond donors (Lipinski definition) is 1. The van der Waals surface area contributed by atoms with Crippen LogP contribution >= 0.6 is 11.6 Å². The Morgan fingerprint density at radius 2 is 2.15 bits per heavy atom. The first-order chi connectivity index (χ1) is 12.5. The van der Waals surface area contributed by atoms with E-state index in [-0.39, 0.29) is 0 Å². The molecule has 0 spiro atoms. The number of nitrogens with zero attached hydrogens (tertiary/aromatic N) is 2. The van der Waals surface area contributed by atoms with Crippen LogP contribution in [-0.4, -0.2) is 28.9 Å². The highest BCUT2D eigenvalue weighted by Gasteiger charge is 2.51. The molecule has 1 atom stereocenters. The van der Waals surface area contributed by atoms with Crippen molar-refractivity contribution in [3.8, 4) is 5.75 Å². The summed E-state index contributed by atoms with van der Waals surface area (Å²) in [5, 5.41) is 3.20. The third-order valence-electron chi connectivity index (χ3n) is 4.22. The molecule has 3 rings (SSSR count). The number of unbranched alkanes of at least 4 members (excludes halogenated alkanes) is 1. The van der Waals surface area contributed by atoms with Crippen molar-refractivity contribution in [1.29, 1.82) is 0 Å². The average molecular weight is 374 g/mol. The Kier molecular flexibility index (Phi) is 5.13. The van der Waals surface area contributed by atoms with Crippen molar-refractivity contribution >= 4 is 34.9 Å². The number of hydrogen-bond acceptors (Lipinski definition) is 4. The van der Waals surface area contributed by atoms with Crippen molar-refractivity contribution in [2.24, 2.45) is 0 Å². The molecule has 1 aromatic carbocycles. The van der Waals surface area contributed by atoms with E-state index in [1.54, 1.807) is 42.6 Å². The van der Waals surface area contributed by atoms with Gasteiger partial charge in [0.15, 0.2) is 11.6 Å². The fraction of sp³-hybridized carbons (Fsp3) is 0.316. The van der Waals surface area contributed by atoms with Crippen LogP contribution in [0.1, 0.15) is 26.7 Å². The first-order valence-electron chi connectivity index (χ1n) is 8.48. The van der Waals surface area contributed by atoms with Gasteiger partial charge in [-0.25, -0.2) is 4.98 Å². The van der Waals surface area contributed by atoms with E-state index in [4.69, 9.17) is 16.3 Å². The molecule has 0 saturated carbocycles. The van der Waals surface area contributed by atoms with Crippen LogP contribution in [0.2, 0.25) is 5.02 Å². The van der Waals surface area contributed by atoms with Crippen LogP contribution in [0.25, 0.3) is 0 Å². The standard InChI is InChI=1S/C19H20ClN3O3/c1-3-4-11-23-16-15(9-6-10-21-16)26-19(2,18(23)25)17(24)22-14-8-5-7-13(20)12-14/h5-10,12H,3-4,11H2,1-2H3,(H,22,24). The minimum Gasteiger partial charge on any atom is -0.464 e. The van der Waals surface area contributed by atoms with Crippen LogP contribution in [0.15, 0.2) is 42.6 Å². The first kappa shape index (κ1) is 18.2. The van der Waals surface area contributed by atoms with Gasteiger partial charge in [0.05, 0.1) is 0 Å². The fourth-order valence-corrected chi connectivity index (χ4v) is 2.96. The predicted octanol–water partition coefficient (Wildman–Crippen LogP) is 3.66. The van der Waals surface area contributed by atoms with Gasteiger partial charge >= 0.3 is 0 Å². The monoisotopic (exact) mass is 373 g/mol. The summed E-state index contributed by atoms with van der Waals surface area (Å²) in [5.41, 5.74) is -1.19. The highest BCUT2D eigenvalue weighted by molar-refractivity contribution is 6.31. The van der Waals surface area contributed by atoms with Crippen LogP contribution in [0.3, 0.4) is 0 Å². The number of carbonyl (C=O) groups excluding carboxylic acids is 2. The topological polar surface area (TPSA) is 71.5 Å². The summed E-state index contributed by atoms with van der Waals surface area (Å²) >= 11 is 5.96. The molecule has 26 heavy (non-hydrogen) atoms. The highest BCUT2D eigenvalue weighted by Crippen LogP contribution is 2.36. The summed E-state index contributed by atoms with van der Waals surface area (Å²) in [6.45, 7) is 3.99. The number of fused-ring (bicyclic) bond motifs is 1. The molecule has 2 amide bonds. The summed E-state index contributed by atoms with van der Waals surface area (Å²) in [6.07, 6.45) is 3.31. The van der Waals surface area contributed by atoms with Crippen molar-refractivity contribution in [3.05, 3.63) is 47.6 Å². The molecule has 1 unspecified atom stereocenters. The maximum atomic E-state index is 13.1. The quantitative estimate of drug-likeness (QED) is 0.812. The molecule has 2 heterocycles. The van der Waals surface area contributed by atoms with Crippen LogP contribution in [0, 0.1) is 0 Å². The predicted molar refractivity (Wildman–Crippen MR) is 101 cm³/mol. The second-order valence-electron chi connectivity index (χ2n) is 6.24. The number of amides is 2. The summed E-state index contributed by atoms with van der Waals surface area (Å²) in [4.78, 5) is 31.8. The fourth-order valence-electron chi connectivity index (χ4n) is 2.77. The molecule has 0 saturated heterocycles. The molecule has 0 aliphatic carbocycles. The zero-order chi connectivity index (χ0) is 18.7. The van der Waals surface area contributed by atoms with Gasteiger partial charge in [0, 0.05) is 23.5 Å². The Morgan fingerprint density at radius 3 is 2.88 bits per heavy atom. The lowest BCUT2D eigenvalue weighted by Gasteiger charge is -2.38. The van der Waals surface area contributed by atoms with E-state index in [1.165, 1.54) is 11.8 Å². The van der Waals surface area contributed by atoms with Gasteiger partial charge in [0.25, 0.3) is 17.4 Å². The zero-order valence-corrected chi connectivity index (χ0v) is 15.4. The summed E-state index contributed by atoms with van der Waals surface area (Å²) in [7, 11) is 0. The van der Waals surface area contributed by atoms with Crippen LogP contribution in [-0.2, 0) is 9.59 Å². The molecule has 1 N–H and O–H groups in total. The maximum Gasteiger partial charge on any atom is 0.282 e. The molecule has 1 aromatic heterocycles. The third kappa shape index (κ3) is 3.37. The SMILES string of the molecule is CCCCN1C(=O)C(C)(C(=O)Nc2cccc(Cl)c2)Oc2cccnc21. The Labute approximate surface area is 157 Å². The van der Waals surface area contributed by atoms with Gasteiger partial charge in [0.2, 0.25) is 0 Å². The normalized spacial score (nSPS) is 18.9. The van der Waals surface area contributed by atoms with E-state index in [0.717, 1.165) is 12.8 Å². The van der Waals surface area contributed by atoms with Crippen LogP contribution < -0.4 is 15.0 Å². The first-order valence-corrected chi connectivity index (χ1v) is 8.86. The number of benzene rings is 1. The summed E-state index contributed by atoms with van der Waals surface area (Å²) < 4.78 is 5.81. The Hall–Kier alpha value is -2.60. The molecular weight excluding hydrogens is 354 g/mol. The summed E-state index contributed by atoms with van der Waals surface area (Å²) in [5.74, 6) is -0.136. The van der Waals surface area contributed by atoms with Gasteiger partial charge in [-0.3, -0.25) is 14.5 Å². The lowest BCUT2D eigenvalue weighted by Crippen LogP contribution is -2.61. The lowest BCUT2D eigenvalue weighted by atomic mass is 10.0. The Bertz CT molecular complexity index is 842. The van der Waals surface area contributed by atoms with Gasteiger partial charge in [-0.05, 0) is 43.7 Å². The number of rotatable bonds is 5. The van der Waals surface area contributed by atoms with Crippen LogP contribution in [0.4, 0.5) is 11.5 Å². The molecule has 1 aliphatic heterocycles. The molecule has 6 nitrogen and oxygen atoms in total. The van der Waals surface area contributed by atoms with Gasteiger partial charge in [-0.15, -0.1) is 0 Å². The van der Waals surface area contributed by atoms with Gasteiger partial charge in [-0.2, -0.15) is 0 Å². The molecule has 7 heteroatoms. The smallest absolute Gasteiger partial charge is 0.282 e. The number of carbonyl (C=O) groups is 2.